The van der Waals surface area contributed by atoms with Crippen LogP contribution in [-0.4, -0.2) is 0 Å². The molecule has 1 heteroatoms. The molecular weight excluding hydrogens is 332 g/mol. The van der Waals surface area contributed by atoms with Gasteiger partial charge in [0.1, 0.15) is 0 Å². The molecule has 0 saturated heterocycles. The van der Waals surface area contributed by atoms with Gasteiger partial charge in [-0.1, -0.05) is 73.4 Å². The van der Waals surface area contributed by atoms with Crippen molar-refractivity contribution in [3.63, 3.8) is 0 Å². The molecule has 3 rings (SSSR count). The molecule has 1 aliphatic heterocycles. The summed E-state index contributed by atoms with van der Waals surface area (Å²) in [6.07, 6.45) is 13.0. The van der Waals surface area contributed by atoms with Gasteiger partial charge in [0.05, 0.1) is 0 Å². The average Bonchev–Trinajstić information content (AvgIpc) is 2.99. The highest BCUT2D eigenvalue weighted by atomic mass is 32.3. The molecular formula is C25H26S. The van der Waals surface area contributed by atoms with Gasteiger partial charge in [0.15, 0.2) is 0 Å². The topological polar surface area (TPSA) is 0 Å². The first-order valence-electron chi connectivity index (χ1n) is 9.02. The quantitative estimate of drug-likeness (QED) is 0.488. The van der Waals surface area contributed by atoms with E-state index >= 15 is 0 Å². The Morgan fingerprint density at radius 3 is 2.19 bits per heavy atom. The molecule has 1 atom stereocenters. The lowest BCUT2D eigenvalue weighted by Gasteiger charge is -2.40. The molecule has 2 aromatic carbocycles. The Morgan fingerprint density at radius 2 is 1.58 bits per heavy atom. The lowest BCUT2D eigenvalue weighted by atomic mass is 10.1. The maximum Gasteiger partial charge on any atom is 0.0102 e. The molecule has 0 radical (unpaired) electrons. The van der Waals surface area contributed by atoms with Crippen LogP contribution < -0.4 is 0 Å². The summed E-state index contributed by atoms with van der Waals surface area (Å²) in [4.78, 5) is 5.57. The number of hydrogen-bond acceptors (Lipinski definition) is 0. The van der Waals surface area contributed by atoms with Crippen LogP contribution in [0.3, 0.4) is 0 Å². The fourth-order valence-electron chi connectivity index (χ4n) is 3.81. The highest BCUT2D eigenvalue weighted by Crippen LogP contribution is 2.80. The number of fused-ring (bicyclic) bond motifs is 1. The van der Waals surface area contributed by atoms with Crippen molar-refractivity contribution in [3.8, 4) is 0 Å². The third-order valence-corrected chi connectivity index (χ3v) is 8.97. The molecule has 26 heavy (non-hydrogen) atoms. The minimum Gasteiger partial charge on any atom is -0.132 e. The van der Waals surface area contributed by atoms with Crippen molar-refractivity contribution >= 4 is 15.6 Å². The van der Waals surface area contributed by atoms with E-state index in [4.69, 9.17) is 0 Å². The van der Waals surface area contributed by atoms with Gasteiger partial charge in [0.2, 0.25) is 0 Å². The molecule has 132 valence electrons. The third-order valence-electron chi connectivity index (χ3n) is 4.78. The summed E-state index contributed by atoms with van der Waals surface area (Å²) in [5.74, 6) is 0. The van der Waals surface area contributed by atoms with E-state index < -0.39 is 10.0 Å². The Bertz CT molecular complexity index is 926. The molecule has 2 aromatic rings. The lowest BCUT2D eigenvalue weighted by Crippen LogP contribution is -2.03. The fourth-order valence-corrected chi connectivity index (χ4v) is 8.24. The maximum atomic E-state index is 3.87. The van der Waals surface area contributed by atoms with Crippen molar-refractivity contribution in [2.24, 2.45) is 0 Å². The summed E-state index contributed by atoms with van der Waals surface area (Å²) in [7, 11) is -1.50. The van der Waals surface area contributed by atoms with Gasteiger partial charge < -0.3 is 0 Å². The van der Waals surface area contributed by atoms with Gasteiger partial charge in [0.25, 0.3) is 0 Å². The van der Waals surface area contributed by atoms with E-state index in [1.165, 1.54) is 30.7 Å². The van der Waals surface area contributed by atoms with Crippen LogP contribution in [0.5, 0.6) is 0 Å². The highest BCUT2D eigenvalue weighted by molar-refractivity contribution is 8.40. The smallest absolute Gasteiger partial charge is 0.0102 e. The van der Waals surface area contributed by atoms with E-state index in [1.807, 2.05) is 6.08 Å². The van der Waals surface area contributed by atoms with Crippen LogP contribution in [0, 0.1) is 0 Å². The zero-order chi connectivity index (χ0) is 18.6. The SMILES string of the molecule is C=C/C=C\C(=C/C)S1(c2ccccc2)C(=C/C)/C(=C\C)c2ccccc21. The minimum absolute atomic E-state index is 1.35. The molecule has 0 amide bonds. The van der Waals surface area contributed by atoms with Gasteiger partial charge in [-0.25, -0.2) is 0 Å². The standard InChI is InChI=1S/C25H26S/c1-5-9-15-20(6-2)26(21-16-11-10-12-17-21)24(8-4)22(7-3)23-18-13-14-19-25(23)26/h5-19H,1H2,2-4H3/b15-9-,20-6+,22-7-,24-8+. The van der Waals surface area contributed by atoms with Gasteiger partial charge in [-0.05, 0) is 61.1 Å². The van der Waals surface area contributed by atoms with E-state index in [-0.39, 0.29) is 0 Å². The molecule has 1 aliphatic rings. The van der Waals surface area contributed by atoms with Crippen LogP contribution >= 0.6 is 10.0 Å². The van der Waals surface area contributed by atoms with E-state index in [1.54, 1.807) is 0 Å². The molecule has 0 saturated carbocycles. The summed E-state index contributed by atoms with van der Waals surface area (Å²) < 4.78 is 0. The van der Waals surface area contributed by atoms with Crippen molar-refractivity contribution in [2.45, 2.75) is 30.6 Å². The number of benzene rings is 2. The summed E-state index contributed by atoms with van der Waals surface area (Å²) in [5, 5.41) is 0. The predicted molar refractivity (Wildman–Crippen MR) is 118 cm³/mol. The van der Waals surface area contributed by atoms with Crippen LogP contribution in [0.1, 0.15) is 26.3 Å². The van der Waals surface area contributed by atoms with Gasteiger partial charge in [-0.2, -0.15) is 0 Å². The predicted octanol–water partition coefficient (Wildman–Crippen LogP) is 7.88. The van der Waals surface area contributed by atoms with Crippen LogP contribution in [0.4, 0.5) is 0 Å². The first kappa shape index (κ1) is 18.3. The van der Waals surface area contributed by atoms with E-state index in [0.29, 0.717) is 0 Å². The van der Waals surface area contributed by atoms with Crippen molar-refractivity contribution in [3.05, 3.63) is 113 Å². The van der Waals surface area contributed by atoms with Gasteiger partial charge in [-0.15, -0.1) is 10.0 Å². The van der Waals surface area contributed by atoms with E-state index in [9.17, 15) is 0 Å². The highest BCUT2D eigenvalue weighted by Gasteiger charge is 2.43. The van der Waals surface area contributed by atoms with Crippen molar-refractivity contribution in [2.75, 3.05) is 0 Å². The second kappa shape index (κ2) is 7.80. The molecule has 0 nitrogen and oxygen atoms in total. The van der Waals surface area contributed by atoms with Crippen molar-refractivity contribution in [1.82, 2.24) is 0 Å². The van der Waals surface area contributed by atoms with Gasteiger partial charge >= 0.3 is 0 Å². The largest absolute Gasteiger partial charge is 0.132 e. The van der Waals surface area contributed by atoms with E-state index in [2.05, 4.69) is 112 Å². The van der Waals surface area contributed by atoms with E-state index in [0.717, 1.165) is 0 Å². The Hall–Kier alpha value is -2.51. The Labute approximate surface area is 159 Å². The van der Waals surface area contributed by atoms with Gasteiger partial charge in [-0.3, -0.25) is 0 Å². The monoisotopic (exact) mass is 358 g/mol. The first-order chi connectivity index (χ1) is 12.7. The van der Waals surface area contributed by atoms with Crippen LogP contribution in [-0.2, 0) is 0 Å². The number of hydrogen-bond donors (Lipinski definition) is 0. The van der Waals surface area contributed by atoms with Gasteiger partial charge in [0, 0.05) is 14.7 Å². The van der Waals surface area contributed by atoms with Crippen LogP contribution in [0.15, 0.2) is 117 Å². The van der Waals surface area contributed by atoms with Crippen LogP contribution in [0.25, 0.3) is 5.57 Å². The normalized spacial score (nSPS) is 25.4. The minimum atomic E-state index is -1.50. The average molecular weight is 359 g/mol. The molecule has 0 aromatic heterocycles. The fraction of sp³-hybridized carbons (Fsp3) is 0.120. The molecule has 1 unspecified atom stereocenters. The molecule has 0 N–H and O–H groups in total. The summed E-state index contributed by atoms with van der Waals surface area (Å²) in [6.45, 7) is 10.3. The molecule has 0 bridgehead atoms. The number of rotatable bonds is 4. The second-order valence-electron chi connectivity index (χ2n) is 6.06. The second-order valence-corrected chi connectivity index (χ2v) is 9.11. The first-order valence-corrected chi connectivity index (χ1v) is 10.6. The van der Waals surface area contributed by atoms with Crippen molar-refractivity contribution < 1.29 is 0 Å². The molecule has 0 spiro atoms. The maximum absolute atomic E-state index is 3.87. The lowest BCUT2D eigenvalue weighted by molar-refractivity contribution is 1.36. The number of allylic oxidation sites excluding steroid dienone is 7. The van der Waals surface area contributed by atoms with Crippen LogP contribution in [0.2, 0.25) is 0 Å². The Kier molecular flexibility index (Phi) is 5.49. The zero-order valence-corrected chi connectivity index (χ0v) is 16.6. The molecule has 0 aliphatic carbocycles. The van der Waals surface area contributed by atoms with Crippen molar-refractivity contribution in [1.29, 1.82) is 0 Å². The summed E-state index contributed by atoms with van der Waals surface area (Å²) in [6, 6.07) is 19.8. The third kappa shape index (κ3) is 2.64. The summed E-state index contributed by atoms with van der Waals surface area (Å²) >= 11 is 0. The Morgan fingerprint density at radius 1 is 0.885 bits per heavy atom. The Balaban J connectivity index is 2.49. The molecule has 0 fully saturated rings. The zero-order valence-electron chi connectivity index (χ0n) is 15.8. The molecule has 1 heterocycles. The summed E-state index contributed by atoms with van der Waals surface area (Å²) in [5.41, 5.74) is 2.71.